The molecule has 0 radical (unpaired) electrons. The van der Waals surface area contributed by atoms with E-state index >= 15 is 0 Å². The second kappa shape index (κ2) is 10.7. The third-order valence-corrected chi connectivity index (χ3v) is 8.19. The first-order valence-corrected chi connectivity index (χ1v) is 13.2. The summed E-state index contributed by atoms with van der Waals surface area (Å²) >= 11 is 0. The fraction of sp³-hybridized carbons (Fsp3) is 0.500. The minimum Gasteiger partial charge on any atom is -0.324 e. The van der Waals surface area contributed by atoms with E-state index in [0.717, 1.165) is 30.0 Å². The van der Waals surface area contributed by atoms with Gasteiger partial charge in [-0.25, -0.2) is 9.97 Å². The van der Waals surface area contributed by atoms with Crippen LogP contribution in [0.3, 0.4) is 0 Å². The lowest BCUT2D eigenvalue weighted by atomic mass is 9.74. The summed E-state index contributed by atoms with van der Waals surface area (Å²) < 4.78 is 0. The van der Waals surface area contributed by atoms with Crippen molar-refractivity contribution in [2.24, 2.45) is 11.8 Å². The summed E-state index contributed by atoms with van der Waals surface area (Å²) in [6, 6.07) is 8.73. The third kappa shape index (κ3) is 5.33. The van der Waals surface area contributed by atoms with Gasteiger partial charge in [0.1, 0.15) is 0 Å². The lowest BCUT2D eigenvalue weighted by Gasteiger charge is -2.31. The Bertz CT molecular complexity index is 1150. The highest BCUT2D eigenvalue weighted by Gasteiger charge is 2.35. The van der Waals surface area contributed by atoms with E-state index < -0.39 is 0 Å². The average Bonchev–Trinajstić information content (AvgIpc) is 3.42. The van der Waals surface area contributed by atoms with Crippen LogP contribution in [0.2, 0.25) is 0 Å². The van der Waals surface area contributed by atoms with E-state index in [9.17, 15) is 4.79 Å². The molecule has 1 saturated heterocycles. The molecule has 1 saturated carbocycles. The zero-order valence-corrected chi connectivity index (χ0v) is 20.9. The molecular formula is C30H36N4O. The van der Waals surface area contributed by atoms with Gasteiger partial charge >= 0.3 is 0 Å². The number of piperidine rings is 1. The normalized spacial score (nSPS) is 23.5. The first-order chi connectivity index (χ1) is 17.1. The Hall–Kier alpha value is -2.97. The predicted molar refractivity (Wildman–Crippen MR) is 142 cm³/mol. The zero-order chi connectivity index (χ0) is 24.2. The van der Waals surface area contributed by atoms with Gasteiger partial charge in [0.25, 0.3) is 0 Å². The van der Waals surface area contributed by atoms with Crippen LogP contribution in [-0.2, 0) is 4.79 Å². The van der Waals surface area contributed by atoms with Crippen molar-refractivity contribution < 1.29 is 4.79 Å². The molecule has 0 spiro atoms. The average molecular weight is 469 g/mol. The van der Waals surface area contributed by atoms with Gasteiger partial charge in [-0.15, -0.1) is 5.92 Å². The molecule has 2 aromatic rings. The van der Waals surface area contributed by atoms with Crippen LogP contribution in [0, 0.1) is 23.7 Å². The van der Waals surface area contributed by atoms with Crippen LogP contribution in [0.1, 0.15) is 87.4 Å². The molecule has 35 heavy (non-hydrogen) atoms. The number of carbonyl (C=O) groups is 1. The molecule has 2 unspecified atom stereocenters. The van der Waals surface area contributed by atoms with Crippen LogP contribution >= 0.6 is 0 Å². The van der Waals surface area contributed by atoms with E-state index in [1.807, 2.05) is 12.3 Å². The molecule has 1 aromatic carbocycles. The largest absolute Gasteiger partial charge is 0.324 e. The lowest BCUT2D eigenvalue weighted by Crippen LogP contribution is -2.26. The summed E-state index contributed by atoms with van der Waals surface area (Å²) in [5.74, 6) is 8.42. The molecule has 2 heterocycles. The van der Waals surface area contributed by atoms with E-state index in [2.05, 4.69) is 58.6 Å². The number of hydrogen-bond donors (Lipinski definition) is 2. The van der Waals surface area contributed by atoms with Gasteiger partial charge in [-0.3, -0.25) is 4.79 Å². The molecule has 182 valence electrons. The summed E-state index contributed by atoms with van der Waals surface area (Å²) in [7, 11) is 0. The SMILES string of the molecule is CC#CC1=Cc2cnc(Nc3ccc(C4CCNCC4)cc3)nc2C(C)C(C2CCCC2)CC1=O. The minimum absolute atomic E-state index is 0.157. The van der Waals surface area contributed by atoms with Crippen molar-refractivity contribution in [1.29, 1.82) is 0 Å². The number of ketones is 1. The molecule has 1 aromatic heterocycles. The highest BCUT2D eigenvalue weighted by atomic mass is 16.1. The molecule has 2 fully saturated rings. The second-order valence-electron chi connectivity index (χ2n) is 10.4. The molecule has 3 aliphatic rings. The molecule has 2 aliphatic carbocycles. The van der Waals surface area contributed by atoms with E-state index in [4.69, 9.17) is 4.98 Å². The van der Waals surface area contributed by atoms with Gasteiger partial charge in [-0.2, -0.15) is 0 Å². The molecule has 0 amide bonds. The Morgan fingerprint density at radius 1 is 1.06 bits per heavy atom. The predicted octanol–water partition coefficient (Wildman–Crippen LogP) is 5.98. The Balaban J connectivity index is 1.43. The van der Waals surface area contributed by atoms with Crippen LogP contribution < -0.4 is 10.6 Å². The van der Waals surface area contributed by atoms with Crippen molar-refractivity contribution in [2.75, 3.05) is 18.4 Å². The minimum atomic E-state index is 0.157. The topological polar surface area (TPSA) is 66.9 Å². The van der Waals surface area contributed by atoms with Gasteiger partial charge in [0, 0.05) is 29.8 Å². The Morgan fingerprint density at radius 3 is 2.51 bits per heavy atom. The maximum Gasteiger partial charge on any atom is 0.227 e. The lowest BCUT2D eigenvalue weighted by molar-refractivity contribution is -0.116. The standard InChI is InChI=1S/C30H36N4O/c1-3-6-24-17-25-19-32-30(33-26-11-9-21(10-12-26)22-13-15-31-16-14-22)34-29(25)20(2)27(18-28(24)35)23-7-4-5-8-23/h9-12,17,19-20,22-23,27,31H,4-5,7-8,13-16,18H2,1-2H3,(H,32,33,34). The maximum absolute atomic E-state index is 13.1. The van der Waals surface area contributed by atoms with Crippen molar-refractivity contribution >= 4 is 23.5 Å². The molecule has 5 rings (SSSR count). The van der Waals surface area contributed by atoms with E-state index in [1.165, 1.54) is 44.1 Å². The van der Waals surface area contributed by atoms with Gasteiger partial charge in [-0.05, 0) is 74.4 Å². The smallest absolute Gasteiger partial charge is 0.227 e. The van der Waals surface area contributed by atoms with Crippen LogP contribution in [0.25, 0.3) is 6.08 Å². The second-order valence-corrected chi connectivity index (χ2v) is 10.4. The summed E-state index contributed by atoms with van der Waals surface area (Å²) in [4.78, 5) is 22.7. The van der Waals surface area contributed by atoms with Crippen LogP contribution in [0.4, 0.5) is 11.6 Å². The zero-order valence-electron chi connectivity index (χ0n) is 20.9. The van der Waals surface area contributed by atoms with Crippen molar-refractivity contribution in [3.63, 3.8) is 0 Å². The number of nitrogens with zero attached hydrogens (tertiary/aromatic N) is 2. The Kier molecular flexibility index (Phi) is 7.29. The highest BCUT2D eigenvalue weighted by molar-refractivity contribution is 6.04. The third-order valence-electron chi connectivity index (χ3n) is 8.19. The summed E-state index contributed by atoms with van der Waals surface area (Å²) in [6.45, 7) is 6.22. The maximum atomic E-state index is 13.1. The number of hydrogen-bond acceptors (Lipinski definition) is 5. The van der Waals surface area contributed by atoms with Crippen LogP contribution in [0.5, 0.6) is 0 Å². The number of allylic oxidation sites excluding steroid dienone is 1. The molecule has 5 nitrogen and oxygen atoms in total. The number of benzene rings is 1. The highest BCUT2D eigenvalue weighted by Crippen LogP contribution is 2.43. The van der Waals surface area contributed by atoms with E-state index in [-0.39, 0.29) is 17.6 Å². The quantitative estimate of drug-likeness (QED) is 0.541. The number of nitrogens with one attached hydrogen (secondary N) is 2. The summed E-state index contributed by atoms with van der Waals surface area (Å²) in [6.07, 6.45) is 11.6. The number of anilines is 2. The van der Waals surface area contributed by atoms with Gasteiger partial charge in [0.2, 0.25) is 5.95 Å². The van der Waals surface area contributed by atoms with Crippen LogP contribution in [-0.4, -0.2) is 28.8 Å². The summed E-state index contributed by atoms with van der Waals surface area (Å²) in [5.41, 5.74) is 4.92. The van der Waals surface area contributed by atoms with Crippen molar-refractivity contribution in [2.45, 2.75) is 70.6 Å². The molecule has 5 heteroatoms. The fourth-order valence-electron chi connectivity index (χ4n) is 6.20. The molecule has 2 N–H and O–H groups in total. The molecule has 0 bridgehead atoms. The number of carbonyl (C=O) groups excluding carboxylic acids is 1. The molecule has 2 atom stereocenters. The molecule has 1 aliphatic heterocycles. The Labute approximate surface area is 209 Å². The van der Waals surface area contributed by atoms with Gasteiger partial charge in [0.15, 0.2) is 5.78 Å². The van der Waals surface area contributed by atoms with Crippen LogP contribution in [0.15, 0.2) is 36.0 Å². The van der Waals surface area contributed by atoms with Crippen molar-refractivity contribution in [1.82, 2.24) is 15.3 Å². The van der Waals surface area contributed by atoms with E-state index in [1.54, 1.807) is 6.92 Å². The van der Waals surface area contributed by atoms with Gasteiger partial charge in [-0.1, -0.05) is 50.7 Å². The van der Waals surface area contributed by atoms with Crippen molar-refractivity contribution in [3.8, 4) is 11.8 Å². The number of rotatable bonds is 4. The number of Topliss-reactive ketones (excluding diaryl/α,β-unsaturated/α-hetero) is 1. The Morgan fingerprint density at radius 2 is 1.80 bits per heavy atom. The van der Waals surface area contributed by atoms with Gasteiger partial charge < -0.3 is 10.6 Å². The summed E-state index contributed by atoms with van der Waals surface area (Å²) in [5, 5.41) is 6.86. The van der Waals surface area contributed by atoms with Crippen molar-refractivity contribution in [3.05, 3.63) is 52.9 Å². The first-order valence-electron chi connectivity index (χ1n) is 13.2. The monoisotopic (exact) mass is 468 g/mol. The number of aromatic nitrogens is 2. The van der Waals surface area contributed by atoms with Gasteiger partial charge in [0.05, 0.1) is 11.3 Å². The molecular weight excluding hydrogens is 432 g/mol. The first kappa shape index (κ1) is 23.8. The number of fused-ring (bicyclic) bond motifs is 1. The van der Waals surface area contributed by atoms with E-state index in [0.29, 0.717) is 29.8 Å². The fourth-order valence-corrected chi connectivity index (χ4v) is 6.20.